The Morgan fingerprint density at radius 1 is 1.36 bits per heavy atom. The molecule has 28 heavy (non-hydrogen) atoms. The lowest BCUT2D eigenvalue weighted by atomic mass is 10.1. The first-order chi connectivity index (χ1) is 13.6. The van der Waals surface area contributed by atoms with Gasteiger partial charge in [-0.05, 0) is 42.8 Å². The zero-order chi connectivity index (χ0) is 19.5. The molecule has 0 saturated carbocycles. The highest BCUT2D eigenvalue weighted by Gasteiger charge is 2.16. The van der Waals surface area contributed by atoms with Crippen molar-refractivity contribution >= 4 is 56.5 Å². The topological polar surface area (TPSA) is 92.7 Å². The highest BCUT2D eigenvalue weighted by Crippen LogP contribution is 2.29. The number of rotatable bonds is 5. The van der Waals surface area contributed by atoms with E-state index < -0.39 is 0 Å². The molecule has 0 unspecified atom stereocenters. The number of ether oxygens (including phenoxy) is 1. The van der Waals surface area contributed by atoms with Crippen LogP contribution in [0, 0.1) is 0 Å². The van der Waals surface area contributed by atoms with E-state index in [4.69, 9.17) is 4.74 Å². The largest absolute Gasteiger partial charge is 0.482 e. The van der Waals surface area contributed by atoms with Crippen LogP contribution in [0.2, 0.25) is 0 Å². The van der Waals surface area contributed by atoms with Crippen molar-refractivity contribution in [2.24, 2.45) is 5.10 Å². The third-order valence-corrected chi connectivity index (χ3v) is 6.16. The van der Waals surface area contributed by atoms with Gasteiger partial charge in [0.15, 0.2) is 10.9 Å². The summed E-state index contributed by atoms with van der Waals surface area (Å²) in [7, 11) is 0. The average molecular weight is 412 g/mol. The maximum Gasteiger partial charge on any atom is 0.262 e. The van der Waals surface area contributed by atoms with Crippen molar-refractivity contribution in [3.63, 3.8) is 0 Å². The van der Waals surface area contributed by atoms with E-state index in [1.807, 2.05) is 30.3 Å². The second-order valence-electron chi connectivity index (χ2n) is 6.02. The molecule has 0 saturated heterocycles. The van der Waals surface area contributed by atoms with Crippen LogP contribution in [0.1, 0.15) is 12.5 Å². The minimum Gasteiger partial charge on any atom is -0.482 e. The van der Waals surface area contributed by atoms with Crippen LogP contribution in [0.3, 0.4) is 0 Å². The molecule has 9 heteroatoms. The van der Waals surface area contributed by atoms with E-state index >= 15 is 0 Å². The molecule has 1 aliphatic rings. The molecule has 2 amide bonds. The summed E-state index contributed by atoms with van der Waals surface area (Å²) in [5.41, 5.74) is 5.50. The van der Waals surface area contributed by atoms with Gasteiger partial charge < -0.3 is 10.1 Å². The van der Waals surface area contributed by atoms with Crippen molar-refractivity contribution in [2.75, 3.05) is 17.7 Å². The number of benzene rings is 2. The van der Waals surface area contributed by atoms with Gasteiger partial charge in [0, 0.05) is 0 Å². The Morgan fingerprint density at radius 2 is 2.21 bits per heavy atom. The quantitative estimate of drug-likeness (QED) is 0.381. The third kappa shape index (κ3) is 4.15. The molecule has 4 rings (SSSR count). The van der Waals surface area contributed by atoms with Crippen molar-refractivity contribution in [1.29, 1.82) is 0 Å². The summed E-state index contributed by atoms with van der Waals surface area (Å²) in [6.45, 7) is 1.80. The molecule has 2 N–H and O–H groups in total. The van der Waals surface area contributed by atoms with Gasteiger partial charge in [-0.25, -0.2) is 10.4 Å². The molecule has 2 aromatic carbocycles. The van der Waals surface area contributed by atoms with Crippen molar-refractivity contribution in [3.8, 4) is 5.75 Å². The summed E-state index contributed by atoms with van der Waals surface area (Å²) >= 11 is 2.95. The molecule has 3 aromatic rings. The molecule has 0 radical (unpaired) electrons. The Hall–Kier alpha value is -2.91. The van der Waals surface area contributed by atoms with E-state index in [0.29, 0.717) is 17.1 Å². The maximum absolute atomic E-state index is 12.1. The van der Waals surface area contributed by atoms with Gasteiger partial charge in [-0.15, -0.1) is 11.3 Å². The van der Waals surface area contributed by atoms with Crippen LogP contribution in [0.5, 0.6) is 5.75 Å². The Balaban J connectivity index is 1.36. The van der Waals surface area contributed by atoms with E-state index in [1.165, 1.54) is 11.8 Å². The van der Waals surface area contributed by atoms with E-state index in [0.717, 1.165) is 20.1 Å². The molecule has 0 bridgehead atoms. The fourth-order valence-corrected chi connectivity index (χ4v) is 4.45. The molecule has 0 aliphatic carbocycles. The standard InChI is InChI=1S/C19H16N4O3S2/c1-11(12-6-7-15-14(8-12)20-17(24)9-26-15)22-23-18(25)10-27-19-21-13-4-2-3-5-16(13)28-19/h2-8H,9-10H2,1H3,(H,20,24)(H,23,25)/b22-11-. The number of thiazole rings is 1. The number of carbonyl (C=O) groups is 2. The molecule has 0 fully saturated rings. The first-order valence-electron chi connectivity index (χ1n) is 8.47. The Morgan fingerprint density at radius 3 is 3.07 bits per heavy atom. The minimum absolute atomic E-state index is 0.0157. The predicted molar refractivity (Wildman–Crippen MR) is 111 cm³/mol. The summed E-state index contributed by atoms with van der Waals surface area (Å²) in [6.07, 6.45) is 0. The number of para-hydroxylation sites is 1. The fourth-order valence-electron chi connectivity index (χ4n) is 2.59. The predicted octanol–water partition coefficient (Wildman–Crippen LogP) is 3.26. The number of fused-ring (bicyclic) bond motifs is 2. The Kier molecular flexibility index (Phi) is 5.27. The minimum atomic E-state index is -0.210. The lowest BCUT2D eigenvalue weighted by molar-refractivity contribution is -0.119. The summed E-state index contributed by atoms with van der Waals surface area (Å²) < 4.78 is 7.28. The molecule has 0 atom stereocenters. The fraction of sp³-hybridized carbons (Fsp3) is 0.158. The number of nitrogens with zero attached hydrogens (tertiary/aromatic N) is 2. The zero-order valence-electron chi connectivity index (χ0n) is 14.9. The second-order valence-corrected chi connectivity index (χ2v) is 8.27. The smallest absolute Gasteiger partial charge is 0.262 e. The summed E-state index contributed by atoms with van der Waals surface area (Å²) in [4.78, 5) is 28.0. The third-order valence-electron chi connectivity index (χ3n) is 3.98. The number of thioether (sulfide) groups is 1. The number of hydrazone groups is 1. The van der Waals surface area contributed by atoms with Crippen LogP contribution in [0.4, 0.5) is 5.69 Å². The van der Waals surface area contributed by atoms with Crippen molar-refractivity contribution in [3.05, 3.63) is 48.0 Å². The highest BCUT2D eigenvalue weighted by atomic mass is 32.2. The highest BCUT2D eigenvalue weighted by molar-refractivity contribution is 8.01. The number of anilines is 1. The number of aromatic nitrogens is 1. The van der Waals surface area contributed by atoms with Crippen molar-refractivity contribution in [1.82, 2.24) is 10.4 Å². The Bertz CT molecular complexity index is 1060. The van der Waals surface area contributed by atoms with Gasteiger partial charge in [0.1, 0.15) is 5.75 Å². The van der Waals surface area contributed by atoms with Gasteiger partial charge in [0.05, 0.1) is 27.4 Å². The monoisotopic (exact) mass is 412 g/mol. The number of hydrogen-bond donors (Lipinski definition) is 2. The SMILES string of the molecule is C/C(=N/NC(=O)CSc1nc2ccccc2s1)c1ccc2c(c1)NC(=O)CO2. The van der Waals surface area contributed by atoms with Crippen molar-refractivity contribution in [2.45, 2.75) is 11.3 Å². The molecular formula is C19H16N4O3S2. The van der Waals surface area contributed by atoms with Gasteiger partial charge in [-0.1, -0.05) is 23.9 Å². The summed E-state index contributed by atoms with van der Waals surface area (Å²) in [5.74, 6) is 0.440. The van der Waals surface area contributed by atoms with Crippen molar-refractivity contribution < 1.29 is 14.3 Å². The molecule has 1 aromatic heterocycles. The number of nitrogens with one attached hydrogen (secondary N) is 2. The average Bonchev–Trinajstić information content (AvgIpc) is 3.13. The van der Waals surface area contributed by atoms with E-state index in [1.54, 1.807) is 30.4 Å². The molecule has 7 nitrogen and oxygen atoms in total. The first-order valence-corrected chi connectivity index (χ1v) is 10.3. The normalized spacial score (nSPS) is 13.6. The lowest BCUT2D eigenvalue weighted by Gasteiger charge is -2.18. The van der Waals surface area contributed by atoms with Gasteiger partial charge in [0.25, 0.3) is 11.8 Å². The second kappa shape index (κ2) is 7.99. The zero-order valence-corrected chi connectivity index (χ0v) is 16.5. The molecular weight excluding hydrogens is 396 g/mol. The van der Waals surface area contributed by atoms with E-state index in [-0.39, 0.29) is 24.2 Å². The molecule has 0 spiro atoms. The van der Waals surface area contributed by atoms with Crippen LogP contribution < -0.4 is 15.5 Å². The number of amides is 2. The Labute approximate surface area is 169 Å². The van der Waals surface area contributed by atoms with Crippen LogP contribution in [0.15, 0.2) is 51.9 Å². The number of hydrogen-bond acceptors (Lipinski definition) is 7. The lowest BCUT2D eigenvalue weighted by Crippen LogP contribution is -2.25. The number of carbonyl (C=O) groups excluding carboxylic acids is 2. The molecule has 142 valence electrons. The molecule has 1 aliphatic heterocycles. The first kappa shape index (κ1) is 18.5. The van der Waals surface area contributed by atoms with Gasteiger partial charge in [-0.2, -0.15) is 5.10 Å². The van der Waals surface area contributed by atoms with Crippen LogP contribution in [-0.4, -0.2) is 34.9 Å². The summed E-state index contributed by atoms with van der Waals surface area (Å²) in [6, 6.07) is 13.3. The van der Waals surface area contributed by atoms with Gasteiger partial charge in [-0.3, -0.25) is 9.59 Å². The van der Waals surface area contributed by atoms with Gasteiger partial charge >= 0.3 is 0 Å². The van der Waals surface area contributed by atoms with E-state index in [2.05, 4.69) is 20.8 Å². The maximum atomic E-state index is 12.1. The van der Waals surface area contributed by atoms with E-state index in [9.17, 15) is 9.59 Å². The van der Waals surface area contributed by atoms with Crippen LogP contribution in [-0.2, 0) is 9.59 Å². The van der Waals surface area contributed by atoms with Gasteiger partial charge in [0.2, 0.25) is 0 Å². The van der Waals surface area contributed by atoms with Crippen LogP contribution >= 0.6 is 23.1 Å². The molecule has 2 heterocycles. The summed E-state index contributed by atoms with van der Waals surface area (Å²) in [5, 5.41) is 6.90. The van der Waals surface area contributed by atoms with Crippen LogP contribution in [0.25, 0.3) is 10.2 Å².